The van der Waals surface area contributed by atoms with Crippen molar-refractivity contribution in [2.45, 2.75) is 39.2 Å². The number of hydrogen-bond donors (Lipinski definition) is 1. The smallest absolute Gasteiger partial charge is 0.0583 e. The van der Waals surface area contributed by atoms with Crippen LogP contribution in [0.4, 0.5) is 0 Å². The van der Waals surface area contributed by atoms with E-state index in [2.05, 4.69) is 32.1 Å². The molecule has 1 N–H and O–H groups in total. The van der Waals surface area contributed by atoms with Crippen LogP contribution in [0.25, 0.3) is 0 Å². The predicted molar refractivity (Wildman–Crippen MR) is 64.9 cm³/mol. The van der Waals surface area contributed by atoms with Crippen molar-refractivity contribution in [3.8, 4) is 0 Å². The van der Waals surface area contributed by atoms with Gasteiger partial charge in [0.15, 0.2) is 0 Å². The van der Waals surface area contributed by atoms with Crippen LogP contribution in [-0.4, -0.2) is 11.2 Å². The summed E-state index contributed by atoms with van der Waals surface area (Å²) < 4.78 is 0. The van der Waals surface area contributed by atoms with Crippen LogP contribution in [-0.2, 0) is 0 Å². The molecule has 1 rings (SSSR count). The lowest BCUT2D eigenvalue weighted by Crippen LogP contribution is -2.13. The van der Waals surface area contributed by atoms with E-state index in [1.54, 1.807) is 0 Å². The van der Waals surface area contributed by atoms with Gasteiger partial charge in [0.1, 0.15) is 0 Å². The molecule has 0 aliphatic heterocycles. The molecule has 0 spiro atoms. The molecule has 0 aromatic heterocycles. The zero-order valence-corrected chi connectivity index (χ0v) is 9.77. The van der Waals surface area contributed by atoms with Crippen LogP contribution in [0.2, 0.25) is 0 Å². The van der Waals surface area contributed by atoms with Crippen molar-refractivity contribution < 1.29 is 5.11 Å². The van der Waals surface area contributed by atoms with Crippen LogP contribution in [0.15, 0.2) is 42.0 Å². The van der Waals surface area contributed by atoms with Gasteiger partial charge < -0.3 is 5.11 Å². The molecule has 1 heteroatoms. The van der Waals surface area contributed by atoms with Crippen LogP contribution < -0.4 is 0 Å². The lowest BCUT2D eigenvalue weighted by atomic mass is 9.90. The maximum absolute atomic E-state index is 9.75. The number of aliphatic hydroxyl groups excluding tert-OH is 1. The second-order valence-electron chi connectivity index (χ2n) is 4.27. The molecule has 1 aromatic rings. The molecule has 82 valence electrons. The first-order valence-electron chi connectivity index (χ1n) is 5.47. The number of allylic oxidation sites excluding steroid dienone is 2. The third-order valence-electron chi connectivity index (χ3n) is 2.59. The molecule has 0 heterocycles. The van der Waals surface area contributed by atoms with E-state index in [1.807, 2.05) is 25.1 Å². The highest BCUT2D eigenvalue weighted by Gasteiger charge is 2.15. The Balaban J connectivity index is 2.80. The largest absolute Gasteiger partial charge is 0.393 e. The number of rotatable bonds is 4. The molecule has 0 aliphatic carbocycles. The fourth-order valence-electron chi connectivity index (χ4n) is 1.67. The monoisotopic (exact) mass is 204 g/mol. The molecule has 0 amide bonds. The Morgan fingerprint density at radius 1 is 1.27 bits per heavy atom. The topological polar surface area (TPSA) is 20.2 Å². The third-order valence-corrected chi connectivity index (χ3v) is 2.59. The van der Waals surface area contributed by atoms with Gasteiger partial charge in [-0.25, -0.2) is 0 Å². The van der Waals surface area contributed by atoms with Crippen molar-refractivity contribution in [3.63, 3.8) is 0 Å². The predicted octanol–water partition coefficient (Wildman–Crippen LogP) is 3.51. The zero-order chi connectivity index (χ0) is 11.3. The van der Waals surface area contributed by atoms with Gasteiger partial charge >= 0.3 is 0 Å². The van der Waals surface area contributed by atoms with E-state index < -0.39 is 0 Å². The van der Waals surface area contributed by atoms with Crippen LogP contribution >= 0.6 is 0 Å². The normalized spacial score (nSPS) is 14.4. The molecular weight excluding hydrogens is 184 g/mol. The van der Waals surface area contributed by atoms with E-state index in [-0.39, 0.29) is 12.0 Å². The average molecular weight is 204 g/mol. The van der Waals surface area contributed by atoms with Gasteiger partial charge in [0.2, 0.25) is 0 Å². The van der Waals surface area contributed by atoms with Gasteiger partial charge in [-0.3, -0.25) is 0 Å². The number of hydrogen-bond acceptors (Lipinski definition) is 1. The highest BCUT2D eigenvalue weighted by atomic mass is 16.3. The van der Waals surface area contributed by atoms with E-state index in [0.717, 1.165) is 6.42 Å². The molecule has 0 aliphatic rings. The van der Waals surface area contributed by atoms with Crippen molar-refractivity contribution in [1.29, 1.82) is 0 Å². The zero-order valence-electron chi connectivity index (χ0n) is 9.77. The summed E-state index contributed by atoms with van der Waals surface area (Å²) >= 11 is 0. The summed E-state index contributed by atoms with van der Waals surface area (Å²) in [5.74, 6) is 0.209. The minimum atomic E-state index is -0.303. The standard InChI is InChI=1S/C14H20O/c1-11(2)9-10-14(12(3)15)13-7-5-4-6-8-13/h4-9,12,14-15H,10H2,1-3H3/t12-,14+/m1/s1. The first-order valence-corrected chi connectivity index (χ1v) is 5.47. The quantitative estimate of drug-likeness (QED) is 0.744. The molecule has 1 aromatic carbocycles. The summed E-state index contributed by atoms with van der Waals surface area (Å²) in [4.78, 5) is 0. The second-order valence-corrected chi connectivity index (χ2v) is 4.27. The van der Waals surface area contributed by atoms with Crippen molar-refractivity contribution >= 4 is 0 Å². The Hall–Kier alpha value is -1.08. The Labute approximate surface area is 92.5 Å². The van der Waals surface area contributed by atoms with Crippen molar-refractivity contribution in [3.05, 3.63) is 47.5 Å². The number of benzene rings is 1. The summed E-state index contributed by atoms with van der Waals surface area (Å²) in [6, 6.07) is 10.2. The van der Waals surface area contributed by atoms with Crippen molar-refractivity contribution in [2.24, 2.45) is 0 Å². The molecule has 0 saturated heterocycles. The van der Waals surface area contributed by atoms with Gasteiger partial charge in [-0.05, 0) is 32.8 Å². The Morgan fingerprint density at radius 3 is 2.33 bits per heavy atom. The van der Waals surface area contributed by atoms with Crippen molar-refractivity contribution in [2.75, 3.05) is 0 Å². The molecule has 0 radical (unpaired) electrons. The Kier molecular flexibility index (Phi) is 4.57. The second kappa shape index (κ2) is 5.72. The fourth-order valence-corrected chi connectivity index (χ4v) is 1.67. The summed E-state index contributed by atoms with van der Waals surface area (Å²) in [5, 5.41) is 9.75. The van der Waals surface area contributed by atoms with E-state index in [9.17, 15) is 5.11 Å². The van der Waals surface area contributed by atoms with Crippen LogP contribution in [0, 0.1) is 0 Å². The first kappa shape index (κ1) is 12.0. The summed E-state index contributed by atoms with van der Waals surface area (Å²) in [6.07, 6.45) is 2.79. The number of aliphatic hydroxyl groups is 1. The van der Waals surface area contributed by atoms with Gasteiger partial charge in [0.05, 0.1) is 6.10 Å². The van der Waals surface area contributed by atoms with Gasteiger partial charge in [-0.15, -0.1) is 0 Å². The summed E-state index contributed by atoms with van der Waals surface area (Å²) in [5.41, 5.74) is 2.52. The van der Waals surface area contributed by atoms with Crippen LogP contribution in [0.3, 0.4) is 0 Å². The highest BCUT2D eigenvalue weighted by molar-refractivity contribution is 5.21. The maximum atomic E-state index is 9.75. The fraction of sp³-hybridized carbons (Fsp3) is 0.429. The lowest BCUT2D eigenvalue weighted by Gasteiger charge is -2.18. The van der Waals surface area contributed by atoms with E-state index in [4.69, 9.17) is 0 Å². The van der Waals surface area contributed by atoms with Gasteiger partial charge in [-0.1, -0.05) is 42.0 Å². The first-order chi connectivity index (χ1) is 7.11. The van der Waals surface area contributed by atoms with E-state index in [0.29, 0.717) is 0 Å². The molecule has 15 heavy (non-hydrogen) atoms. The maximum Gasteiger partial charge on any atom is 0.0583 e. The molecular formula is C14H20O. The minimum absolute atomic E-state index is 0.209. The summed E-state index contributed by atoms with van der Waals surface area (Å²) in [7, 11) is 0. The molecule has 0 bridgehead atoms. The summed E-state index contributed by atoms with van der Waals surface area (Å²) in [6.45, 7) is 6.03. The van der Waals surface area contributed by atoms with Gasteiger partial charge in [-0.2, -0.15) is 0 Å². The van der Waals surface area contributed by atoms with Crippen LogP contribution in [0.1, 0.15) is 38.7 Å². The Morgan fingerprint density at radius 2 is 1.87 bits per heavy atom. The van der Waals surface area contributed by atoms with Crippen molar-refractivity contribution in [1.82, 2.24) is 0 Å². The molecule has 0 unspecified atom stereocenters. The van der Waals surface area contributed by atoms with Crippen LogP contribution in [0.5, 0.6) is 0 Å². The minimum Gasteiger partial charge on any atom is -0.393 e. The molecule has 0 saturated carbocycles. The lowest BCUT2D eigenvalue weighted by molar-refractivity contribution is 0.162. The molecule has 1 nitrogen and oxygen atoms in total. The third kappa shape index (κ3) is 3.88. The average Bonchev–Trinajstić information content (AvgIpc) is 2.18. The van der Waals surface area contributed by atoms with Gasteiger partial charge in [0.25, 0.3) is 0 Å². The molecule has 0 fully saturated rings. The van der Waals surface area contributed by atoms with E-state index in [1.165, 1.54) is 11.1 Å². The van der Waals surface area contributed by atoms with E-state index >= 15 is 0 Å². The SMILES string of the molecule is CC(C)=CC[C@H](c1ccccc1)[C@@H](C)O. The molecule has 2 atom stereocenters. The Bertz CT molecular complexity index is 307. The highest BCUT2D eigenvalue weighted by Crippen LogP contribution is 2.24. The van der Waals surface area contributed by atoms with Gasteiger partial charge in [0, 0.05) is 5.92 Å².